The lowest BCUT2D eigenvalue weighted by molar-refractivity contribution is -0.109. The first-order chi connectivity index (χ1) is 11.5. The molecule has 3 atom stereocenters. The van der Waals surface area contributed by atoms with E-state index in [0.29, 0.717) is 5.02 Å². The number of nitrogens with one attached hydrogen (secondary N) is 1. The van der Waals surface area contributed by atoms with Gasteiger partial charge in [0, 0.05) is 22.5 Å². The molecule has 1 aliphatic rings. The SMILES string of the molecule is C=CC1C(C=O)Nc2cc(Cl)cc(C)c2C1c1cc(C)ccc1C. The van der Waals surface area contributed by atoms with Gasteiger partial charge in [0.1, 0.15) is 6.29 Å². The maximum Gasteiger partial charge on any atom is 0.142 e. The molecule has 1 N–H and O–H groups in total. The molecule has 0 fully saturated rings. The molecule has 2 aromatic carbocycles. The maximum atomic E-state index is 11.7. The molecule has 0 bridgehead atoms. The Balaban J connectivity index is 2.30. The maximum absolute atomic E-state index is 11.7. The fraction of sp³-hybridized carbons (Fsp3) is 0.286. The summed E-state index contributed by atoms with van der Waals surface area (Å²) in [5.74, 6) is 0.0847. The largest absolute Gasteiger partial charge is 0.375 e. The molecule has 3 rings (SSSR count). The van der Waals surface area contributed by atoms with Crippen molar-refractivity contribution in [1.29, 1.82) is 0 Å². The zero-order valence-corrected chi connectivity index (χ0v) is 15.0. The van der Waals surface area contributed by atoms with Gasteiger partial charge < -0.3 is 10.1 Å². The molecular formula is C21H22ClNO. The predicted octanol–water partition coefficient (Wildman–Crippen LogP) is 5.19. The number of aryl methyl sites for hydroxylation is 3. The average molecular weight is 340 g/mol. The van der Waals surface area contributed by atoms with Crippen LogP contribution in [0.5, 0.6) is 0 Å². The number of hydrogen-bond donors (Lipinski definition) is 1. The van der Waals surface area contributed by atoms with Gasteiger partial charge in [0.15, 0.2) is 0 Å². The minimum Gasteiger partial charge on any atom is -0.375 e. The van der Waals surface area contributed by atoms with Gasteiger partial charge in [-0.25, -0.2) is 0 Å². The molecule has 2 nitrogen and oxygen atoms in total. The second-order valence-electron chi connectivity index (χ2n) is 6.64. The van der Waals surface area contributed by atoms with E-state index in [1.807, 2.05) is 18.2 Å². The summed E-state index contributed by atoms with van der Waals surface area (Å²) in [6, 6.07) is 10.1. The van der Waals surface area contributed by atoms with Crippen molar-refractivity contribution in [3.8, 4) is 0 Å². The molecular weight excluding hydrogens is 318 g/mol. The van der Waals surface area contributed by atoms with Crippen LogP contribution in [0.15, 0.2) is 43.0 Å². The molecule has 0 aliphatic carbocycles. The van der Waals surface area contributed by atoms with Gasteiger partial charge in [-0.15, -0.1) is 6.58 Å². The molecule has 0 saturated heterocycles. The van der Waals surface area contributed by atoms with E-state index in [2.05, 4.69) is 50.9 Å². The van der Waals surface area contributed by atoms with E-state index >= 15 is 0 Å². The van der Waals surface area contributed by atoms with Crippen molar-refractivity contribution in [3.05, 3.63) is 75.8 Å². The summed E-state index contributed by atoms with van der Waals surface area (Å²) in [5, 5.41) is 4.02. The fourth-order valence-electron chi connectivity index (χ4n) is 3.83. The Kier molecular flexibility index (Phi) is 4.51. The quantitative estimate of drug-likeness (QED) is 0.615. The normalized spacial score (nSPS) is 22.4. The molecule has 0 saturated carbocycles. The van der Waals surface area contributed by atoms with Crippen molar-refractivity contribution >= 4 is 23.6 Å². The Morgan fingerprint density at radius 1 is 1.12 bits per heavy atom. The van der Waals surface area contributed by atoms with Crippen LogP contribution in [0, 0.1) is 26.7 Å². The first-order valence-electron chi connectivity index (χ1n) is 8.18. The summed E-state index contributed by atoms with van der Waals surface area (Å²) in [5.41, 5.74) is 6.97. The number of halogens is 1. The van der Waals surface area contributed by atoms with Gasteiger partial charge in [0.2, 0.25) is 0 Å². The van der Waals surface area contributed by atoms with Crippen LogP contribution >= 0.6 is 11.6 Å². The molecule has 0 amide bonds. The van der Waals surface area contributed by atoms with Gasteiger partial charge in [0.25, 0.3) is 0 Å². The monoisotopic (exact) mass is 339 g/mol. The molecule has 1 heterocycles. The molecule has 3 unspecified atom stereocenters. The lowest BCUT2D eigenvalue weighted by Crippen LogP contribution is -2.39. The Labute approximate surface area is 148 Å². The van der Waals surface area contributed by atoms with Crippen molar-refractivity contribution in [2.24, 2.45) is 5.92 Å². The summed E-state index contributed by atoms with van der Waals surface area (Å²) in [4.78, 5) is 11.7. The van der Waals surface area contributed by atoms with Gasteiger partial charge in [-0.05, 0) is 55.2 Å². The van der Waals surface area contributed by atoms with Gasteiger partial charge in [-0.2, -0.15) is 0 Å². The molecule has 124 valence electrons. The van der Waals surface area contributed by atoms with Crippen molar-refractivity contribution in [3.63, 3.8) is 0 Å². The van der Waals surface area contributed by atoms with Crippen LogP contribution in [0.4, 0.5) is 5.69 Å². The highest BCUT2D eigenvalue weighted by molar-refractivity contribution is 6.31. The van der Waals surface area contributed by atoms with E-state index in [4.69, 9.17) is 11.6 Å². The number of fused-ring (bicyclic) bond motifs is 1. The summed E-state index contributed by atoms with van der Waals surface area (Å²) >= 11 is 6.24. The van der Waals surface area contributed by atoms with Crippen molar-refractivity contribution in [2.45, 2.75) is 32.7 Å². The zero-order chi connectivity index (χ0) is 17.4. The smallest absolute Gasteiger partial charge is 0.142 e. The minimum absolute atomic E-state index is 0.00428. The Hall–Kier alpha value is -2.06. The lowest BCUT2D eigenvalue weighted by Gasteiger charge is -2.39. The molecule has 1 aliphatic heterocycles. The molecule has 3 heteroatoms. The van der Waals surface area contributed by atoms with Gasteiger partial charge in [0.05, 0.1) is 6.04 Å². The van der Waals surface area contributed by atoms with Crippen LogP contribution in [0.2, 0.25) is 5.02 Å². The predicted molar refractivity (Wildman–Crippen MR) is 101 cm³/mol. The van der Waals surface area contributed by atoms with Crippen LogP contribution in [0.3, 0.4) is 0 Å². The number of hydrogen-bond acceptors (Lipinski definition) is 2. The summed E-state index contributed by atoms with van der Waals surface area (Å²) in [7, 11) is 0. The topological polar surface area (TPSA) is 29.1 Å². The third kappa shape index (κ3) is 2.76. The molecule has 0 spiro atoms. The van der Waals surface area contributed by atoms with Crippen molar-refractivity contribution < 1.29 is 4.79 Å². The third-order valence-corrected chi connectivity index (χ3v) is 5.19. The highest BCUT2D eigenvalue weighted by Gasteiger charge is 2.37. The number of aldehydes is 1. The second-order valence-corrected chi connectivity index (χ2v) is 7.08. The number of carbonyl (C=O) groups is 1. The van der Waals surface area contributed by atoms with E-state index in [1.165, 1.54) is 22.3 Å². The van der Waals surface area contributed by atoms with Crippen LogP contribution in [-0.2, 0) is 4.79 Å². The summed E-state index contributed by atoms with van der Waals surface area (Å²) in [6.07, 6.45) is 2.87. The van der Waals surface area contributed by atoms with E-state index in [9.17, 15) is 4.79 Å². The second kappa shape index (κ2) is 6.45. The molecule has 24 heavy (non-hydrogen) atoms. The summed E-state index contributed by atoms with van der Waals surface area (Å²) < 4.78 is 0. The van der Waals surface area contributed by atoms with E-state index < -0.39 is 0 Å². The van der Waals surface area contributed by atoms with Crippen LogP contribution in [0.25, 0.3) is 0 Å². The lowest BCUT2D eigenvalue weighted by atomic mass is 9.71. The van der Waals surface area contributed by atoms with Crippen molar-refractivity contribution in [1.82, 2.24) is 0 Å². The first-order valence-corrected chi connectivity index (χ1v) is 8.55. The fourth-order valence-corrected chi connectivity index (χ4v) is 4.10. The van der Waals surface area contributed by atoms with E-state index in [0.717, 1.165) is 17.5 Å². The standard InChI is InChI=1S/C21H22ClNO/c1-5-16-19(11-24)23-18-10-15(22)9-14(4)20(18)21(16)17-8-12(2)6-7-13(17)3/h5-11,16,19,21,23H,1H2,2-4H3. The first kappa shape index (κ1) is 16.8. The molecule has 0 radical (unpaired) electrons. The van der Waals surface area contributed by atoms with Crippen LogP contribution < -0.4 is 5.32 Å². The highest BCUT2D eigenvalue weighted by atomic mass is 35.5. The number of rotatable bonds is 3. The Bertz CT molecular complexity index is 812. The van der Waals surface area contributed by atoms with Gasteiger partial charge >= 0.3 is 0 Å². The molecule has 2 aromatic rings. The van der Waals surface area contributed by atoms with Crippen LogP contribution in [0.1, 0.15) is 33.7 Å². The van der Waals surface area contributed by atoms with Gasteiger partial charge in [-0.1, -0.05) is 41.4 Å². The minimum atomic E-state index is -0.308. The van der Waals surface area contributed by atoms with E-state index in [1.54, 1.807) is 0 Å². The number of carbonyl (C=O) groups excluding carboxylic acids is 1. The Morgan fingerprint density at radius 3 is 2.54 bits per heavy atom. The summed E-state index contributed by atoms with van der Waals surface area (Å²) in [6.45, 7) is 10.3. The zero-order valence-electron chi connectivity index (χ0n) is 14.3. The average Bonchev–Trinajstić information content (AvgIpc) is 2.55. The van der Waals surface area contributed by atoms with E-state index in [-0.39, 0.29) is 17.9 Å². The van der Waals surface area contributed by atoms with Crippen molar-refractivity contribution in [2.75, 3.05) is 5.32 Å². The number of anilines is 1. The Morgan fingerprint density at radius 2 is 1.88 bits per heavy atom. The van der Waals surface area contributed by atoms with Gasteiger partial charge in [-0.3, -0.25) is 0 Å². The highest BCUT2D eigenvalue weighted by Crippen LogP contribution is 2.46. The van der Waals surface area contributed by atoms with Crippen LogP contribution in [-0.4, -0.2) is 12.3 Å². The molecule has 0 aromatic heterocycles. The third-order valence-electron chi connectivity index (χ3n) is 4.97. The number of benzene rings is 2.